The Balaban J connectivity index is 4.65. The van der Waals surface area contributed by atoms with Gasteiger partial charge in [-0.05, 0) is 12.3 Å². The van der Waals surface area contributed by atoms with Gasteiger partial charge in [0.05, 0.1) is 6.04 Å². The van der Waals surface area contributed by atoms with Crippen molar-refractivity contribution in [3.05, 3.63) is 0 Å². The van der Waals surface area contributed by atoms with Crippen molar-refractivity contribution < 1.29 is 19.5 Å². The number of rotatable bonds is 7. The maximum Gasteiger partial charge on any atom is 0.321 e. The number of carboxylic acid groups (broad SMARTS) is 1. The van der Waals surface area contributed by atoms with Crippen molar-refractivity contribution in [1.82, 2.24) is 0 Å². The molecule has 0 aromatic carbocycles. The zero-order valence-electron chi connectivity index (χ0n) is 9.42. The molecule has 0 aromatic heterocycles. The Bertz CT molecular complexity index is 278. The van der Waals surface area contributed by atoms with Crippen molar-refractivity contribution in [2.24, 2.45) is 23.3 Å². The van der Waals surface area contributed by atoms with Gasteiger partial charge in [0.15, 0.2) is 5.78 Å². The molecule has 0 heterocycles. The lowest BCUT2D eigenvalue weighted by molar-refractivity contribution is -0.144. The van der Waals surface area contributed by atoms with E-state index in [0.29, 0.717) is 6.42 Å². The van der Waals surface area contributed by atoms with Crippen LogP contribution in [-0.4, -0.2) is 35.2 Å². The largest absolute Gasteiger partial charge is 0.480 e. The fourth-order valence-corrected chi connectivity index (χ4v) is 1.35. The average molecular weight is 230 g/mol. The molecule has 0 aromatic rings. The van der Waals surface area contributed by atoms with Gasteiger partial charge in [-0.25, -0.2) is 0 Å². The molecular weight excluding hydrogens is 212 g/mol. The van der Waals surface area contributed by atoms with Gasteiger partial charge in [0.25, 0.3) is 0 Å². The van der Waals surface area contributed by atoms with E-state index in [1.165, 1.54) is 0 Å². The molecule has 0 spiro atoms. The van der Waals surface area contributed by atoms with E-state index in [0.717, 1.165) is 0 Å². The first-order valence-corrected chi connectivity index (χ1v) is 5.04. The van der Waals surface area contributed by atoms with E-state index in [4.69, 9.17) is 16.6 Å². The van der Waals surface area contributed by atoms with E-state index in [9.17, 15) is 14.4 Å². The molecule has 0 aliphatic carbocycles. The predicted molar refractivity (Wildman–Crippen MR) is 57.6 cm³/mol. The SMILES string of the molecule is CC(C)CC(N)C(=O)[C@H](C=O)C(N)C(=O)O. The van der Waals surface area contributed by atoms with Gasteiger partial charge in [-0.1, -0.05) is 13.8 Å². The third kappa shape index (κ3) is 4.08. The van der Waals surface area contributed by atoms with Crippen molar-refractivity contribution in [2.45, 2.75) is 32.4 Å². The molecule has 5 N–H and O–H groups in total. The number of Topliss-reactive ketones (excluding diaryl/α,β-unsaturated/α-hetero) is 1. The molecule has 0 amide bonds. The minimum atomic E-state index is -1.52. The molecule has 0 fully saturated rings. The summed E-state index contributed by atoms with van der Waals surface area (Å²) in [6, 6.07) is -2.37. The highest BCUT2D eigenvalue weighted by Crippen LogP contribution is 2.10. The quantitative estimate of drug-likeness (QED) is 0.387. The first kappa shape index (κ1) is 14.7. The molecule has 6 heteroatoms. The van der Waals surface area contributed by atoms with Gasteiger partial charge >= 0.3 is 5.97 Å². The van der Waals surface area contributed by atoms with Gasteiger partial charge in [0.2, 0.25) is 0 Å². The van der Waals surface area contributed by atoms with E-state index in [-0.39, 0.29) is 12.2 Å². The molecule has 0 aliphatic rings. The highest BCUT2D eigenvalue weighted by atomic mass is 16.4. The summed E-state index contributed by atoms with van der Waals surface area (Å²) in [5.41, 5.74) is 10.8. The Morgan fingerprint density at radius 3 is 2.12 bits per heavy atom. The number of carboxylic acids is 1. The summed E-state index contributed by atoms with van der Waals surface area (Å²) in [7, 11) is 0. The standard InChI is InChI=1S/C10H18N2O4/c1-5(2)3-7(11)9(14)6(4-13)8(12)10(15)16/h4-8H,3,11-12H2,1-2H3,(H,15,16)/t6-,7?,8?/m1/s1. The van der Waals surface area contributed by atoms with Crippen LogP contribution in [0.5, 0.6) is 0 Å². The van der Waals surface area contributed by atoms with Crippen LogP contribution in [0.2, 0.25) is 0 Å². The summed E-state index contributed by atoms with van der Waals surface area (Å²) in [5.74, 6) is -3.18. The smallest absolute Gasteiger partial charge is 0.321 e. The molecule has 0 aliphatic heterocycles. The maximum absolute atomic E-state index is 11.7. The number of carbonyl (C=O) groups is 3. The highest BCUT2D eigenvalue weighted by Gasteiger charge is 2.33. The number of carbonyl (C=O) groups excluding carboxylic acids is 2. The Hall–Kier alpha value is -1.27. The van der Waals surface area contributed by atoms with Crippen molar-refractivity contribution in [3.63, 3.8) is 0 Å². The molecule has 2 unspecified atom stereocenters. The second-order valence-corrected chi connectivity index (χ2v) is 4.16. The lowest BCUT2D eigenvalue weighted by atomic mass is 9.89. The Morgan fingerprint density at radius 1 is 1.31 bits per heavy atom. The Morgan fingerprint density at radius 2 is 1.81 bits per heavy atom. The highest BCUT2D eigenvalue weighted by molar-refractivity contribution is 6.01. The molecule has 0 bridgehead atoms. The Kier molecular flexibility index (Phi) is 5.84. The van der Waals surface area contributed by atoms with Crippen LogP contribution in [0.25, 0.3) is 0 Å². The van der Waals surface area contributed by atoms with Crippen LogP contribution in [0.15, 0.2) is 0 Å². The topological polar surface area (TPSA) is 123 Å². The summed E-state index contributed by atoms with van der Waals surface area (Å²) >= 11 is 0. The number of hydrogen-bond donors (Lipinski definition) is 3. The van der Waals surface area contributed by atoms with E-state index in [1.54, 1.807) is 0 Å². The zero-order valence-corrected chi connectivity index (χ0v) is 9.42. The van der Waals surface area contributed by atoms with Crippen LogP contribution in [0.4, 0.5) is 0 Å². The van der Waals surface area contributed by atoms with Crippen LogP contribution >= 0.6 is 0 Å². The van der Waals surface area contributed by atoms with Gasteiger partial charge in [-0.2, -0.15) is 0 Å². The third-order valence-electron chi connectivity index (χ3n) is 2.24. The number of aldehydes is 1. The van der Waals surface area contributed by atoms with Crippen molar-refractivity contribution in [1.29, 1.82) is 0 Å². The lowest BCUT2D eigenvalue weighted by Crippen LogP contribution is -2.48. The summed E-state index contributed by atoms with van der Waals surface area (Å²) in [5, 5.41) is 8.62. The predicted octanol–water partition coefficient (Wildman–Crippen LogP) is -0.844. The summed E-state index contributed by atoms with van der Waals surface area (Å²) in [6.45, 7) is 3.75. The second-order valence-electron chi connectivity index (χ2n) is 4.16. The molecule has 0 saturated heterocycles. The van der Waals surface area contributed by atoms with Gasteiger partial charge in [0, 0.05) is 0 Å². The van der Waals surface area contributed by atoms with Crippen LogP contribution in [0, 0.1) is 11.8 Å². The number of aliphatic carboxylic acids is 1. The first-order chi connectivity index (χ1) is 7.31. The molecule has 3 atom stereocenters. The van der Waals surface area contributed by atoms with Crippen molar-refractivity contribution >= 4 is 18.0 Å². The van der Waals surface area contributed by atoms with E-state index in [1.807, 2.05) is 13.8 Å². The lowest BCUT2D eigenvalue weighted by Gasteiger charge is -2.19. The third-order valence-corrected chi connectivity index (χ3v) is 2.24. The fourth-order valence-electron chi connectivity index (χ4n) is 1.35. The molecular formula is C10H18N2O4. The van der Waals surface area contributed by atoms with E-state index in [2.05, 4.69) is 0 Å². The number of ketones is 1. The summed E-state index contributed by atoms with van der Waals surface area (Å²) in [4.78, 5) is 32.9. The van der Waals surface area contributed by atoms with Gasteiger partial charge in [-0.3, -0.25) is 9.59 Å². The first-order valence-electron chi connectivity index (χ1n) is 5.04. The molecule has 0 saturated carbocycles. The Labute approximate surface area is 94.0 Å². The molecule has 92 valence electrons. The number of hydrogen-bond acceptors (Lipinski definition) is 5. The van der Waals surface area contributed by atoms with Crippen LogP contribution in [0.3, 0.4) is 0 Å². The fraction of sp³-hybridized carbons (Fsp3) is 0.700. The minimum absolute atomic E-state index is 0.187. The molecule has 6 nitrogen and oxygen atoms in total. The van der Waals surface area contributed by atoms with Gasteiger partial charge < -0.3 is 21.4 Å². The second kappa shape index (κ2) is 6.34. The number of nitrogens with two attached hydrogens (primary N) is 2. The van der Waals surface area contributed by atoms with Crippen molar-refractivity contribution in [3.8, 4) is 0 Å². The van der Waals surface area contributed by atoms with Crippen LogP contribution in [0.1, 0.15) is 20.3 Å². The molecule has 0 radical (unpaired) electrons. The van der Waals surface area contributed by atoms with Gasteiger partial charge in [0.1, 0.15) is 18.2 Å². The normalized spacial score (nSPS) is 16.6. The van der Waals surface area contributed by atoms with Crippen molar-refractivity contribution in [2.75, 3.05) is 0 Å². The summed E-state index contributed by atoms with van der Waals surface area (Å²) < 4.78 is 0. The van der Waals surface area contributed by atoms with Crippen LogP contribution < -0.4 is 11.5 Å². The summed E-state index contributed by atoms with van der Waals surface area (Å²) in [6.07, 6.45) is 0.650. The zero-order chi connectivity index (χ0) is 12.9. The van der Waals surface area contributed by atoms with Gasteiger partial charge in [-0.15, -0.1) is 0 Å². The molecule has 0 rings (SSSR count). The average Bonchev–Trinajstić information content (AvgIpc) is 2.17. The van der Waals surface area contributed by atoms with E-state index >= 15 is 0 Å². The minimum Gasteiger partial charge on any atom is -0.480 e. The monoisotopic (exact) mass is 230 g/mol. The molecule has 16 heavy (non-hydrogen) atoms. The van der Waals surface area contributed by atoms with E-state index < -0.39 is 29.8 Å². The van der Waals surface area contributed by atoms with Crippen LogP contribution in [-0.2, 0) is 14.4 Å². The maximum atomic E-state index is 11.7.